The second-order valence-electron chi connectivity index (χ2n) is 8.55. The van der Waals surface area contributed by atoms with Crippen LogP contribution in [0.3, 0.4) is 0 Å². The molecule has 4 heterocycles. The Morgan fingerprint density at radius 3 is 2.96 bits per heavy atom. The number of nitrogens with zero attached hydrogens (tertiary/aromatic N) is 3. The fraction of sp³-hybridized carbons (Fsp3) is 0.700. The fourth-order valence-electron chi connectivity index (χ4n) is 4.35. The van der Waals surface area contributed by atoms with Crippen molar-refractivity contribution >= 4 is 11.9 Å². The molecule has 27 heavy (non-hydrogen) atoms. The van der Waals surface area contributed by atoms with Gasteiger partial charge in [0.05, 0.1) is 17.7 Å². The summed E-state index contributed by atoms with van der Waals surface area (Å²) in [6, 6.07) is 0.250. The van der Waals surface area contributed by atoms with Crippen LogP contribution in [-0.2, 0) is 27.3 Å². The zero-order valence-corrected chi connectivity index (χ0v) is 16.2. The molecule has 1 aromatic rings. The standard InChI is InChI=1S/C20H28N4O3/c1-20(2)10-13(19(26)27-20)9-17(25)24-8-6-15-14(12-24)11-22-18(23-15)16-5-3-4-7-21-16/h11,13,16,21H,3-10,12H2,1-2H3/t13-,16+/m0/s1. The molecule has 0 spiro atoms. The Bertz CT molecular complexity index is 743. The summed E-state index contributed by atoms with van der Waals surface area (Å²) < 4.78 is 5.34. The Balaban J connectivity index is 1.39. The van der Waals surface area contributed by atoms with E-state index in [1.54, 1.807) is 0 Å². The maximum absolute atomic E-state index is 12.7. The van der Waals surface area contributed by atoms with Gasteiger partial charge in [0.2, 0.25) is 5.91 Å². The molecule has 7 heteroatoms. The number of carbonyl (C=O) groups is 2. The lowest BCUT2D eigenvalue weighted by molar-refractivity contribution is -0.150. The SMILES string of the molecule is CC1(C)C[C@H](CC(=O)N2CCc3nc([C@H]4CCCCN4)ncc3C2)C(=O)O1. The number of hydrogen-bond acceptors (Lipinski definition) is 6. The van der Waals surface area contributed by atoms with Crippen LogP contribution >= 0.6 is 0 Å². The van der Waals surface area contributed by atoms with E-state index in [4.69, 9.17) is 9.72 Å². The first-order valence-electron chi connectivity index (χ1n) is 10.00. The van der Waals surface area contributed by atoms with E-state index < -0.39 is 5.60 Å². The van der Waals surface area contributed by atoms with Crippen molar-refractivity contribution in [3.05, 3.63) is 23.3 Å². The summed E-state index contributed by atoms with van der Waals surface area (Å²) in [5, 5.41) is 3.49. The number of esters is 1. The monoisotopic (exact) mass is 372 g/mol. The minimum absolute atomic E-state index is 0.0123. The molecule has 1 N–H and O–H groups in total. The second kappa shape index (κ2) is 7.19. The maximum Gasteiger partial charge on any atom is 0.310 e. The van der Waals surface area contributed by atoms with Crippen LogP contribution in [0.1, 0.15) is 69.1 Å². The topological polar surface area (TPSA) is 84.4 Å². The number of nitrogens with one attached hydrogen (secondary N) is 1. The quantitative estimate of drug-likeness (QED) is 0.816. The van der Waals surface area contributed by atoms with E-state index in [0.29, 0.717) is 19.5 Å². The van der Waals surface area contributed by atoms with Crippen LogP contribution in [0.25, 0.3) is 0 Å². The molecule has 0 aromatic carbocycles. The first kappa shape index (κ1) is 18.3. The predicted octanol–water partition coefficient (Wildman–Crippen LogP) is 1.91. The van der Waals surface area contributed by atoms with E-state index >= 15 is 0 Å². The fourth-order valence-corrected chi connectivity index (χ4v) is 4.35. The van der Waals surface area contributed by atoms with Crippen molar-refractivity contribution in [2.24, 2.45) is 5.92 Å². The molecule has 0 aliphatic carbocycles. The lowest BCUT2D eigenvalue weighted by Gasteiger charge is -2.30. The van der Waals surface area contributed by atoms with Crippen LogP contribution in [-0.4, -0.2) is 45.4 Å². The molecular formula is C20H28N4O3. The summed E-state index contributed by atoms with van der Waals surface area (Å²) in [5.74, 6) is 0.311. The van der Waals surface area contributed by atoms with E-state index in [1.165, 1.54) is 12.8 Å². The molecule has 146 valence electrons. The zero-order valence-electron chi connectivity index (χ0n) is 16.2. The van der Waals surface area contributed by atoms with E-state index in [1.807, 2.05) is 24.9 Å². The summed E-state index contributed by atoms with van der Waals surface area (Å²) >= 11 is 0. The second-order valence-corrected chi connectivity index (χ2v) is 8.55. The van der Waals surface area contributed by atoms with Gasteiger partial charge in [-0.2, -0.15) is 0 Å². The molecule has 2 atom stereocenters. The highest BCUT2D eigenvalue weighted by molar-refractivity contribution is 5.84. The molecule has 1 aromatic heterocycles. The number of aromatic nitrogens is 2. The lowest BCUT2D eigenvalue weighted by atomic mass is 9.94. The van der Waals surface area contributed by atoms with Crippen molar-refractivity contribution in [3.63, 3.8) is 0 Å². The molecule has 3 aliphatic heterocycles. The average molecular weight is 372 g/mol. The van der Waals surface area contributed by atoms with E-state index in [2.05, 4.69) is 10.3 Å². The van der Waals surface area contributed by atoms with E-state index in [0.717, 1.165) is 36.5 Å². The van der Waals surface area contributed by atoms with Crippen LogP contribution in [0, 0.1) is 5.92 Å². The summed E-state index contributed by atoms with van der Waals surface area (Å²) in [6.07, 6.45) is 6.94. The van der Waals surface area contributed by atoms with Crippen molar-refractivity contribution in [2.45, 2.75) is 70.6 Å². The number of piperidine rings is 1. The smallest absolute Gasteiger partial charge is 0.310 e. The van der Waals surface area contributed by atoms with E-state index in [9.17, 15) is 9.59 Å². The van der Waals surface area contributed by atoms with Gasteiger partial charge >= 0.3 is 5.97 Å². The third-order valence-electron chi connectivity index (χ3n) is 5.80. The Kier molecular flexibility index (Phi) is 4.88. The van der Waals surface area contributed by atoms with Crippen molar-refractivity contribution < 1.29 is 14.3 Å². The molecule has 3 aliphatic rings. The van der Waals surface area contributed by atoms with Crippen LogP contribution in [0.4, 0.5) is 0 Å². The van der Waals surface area contributed by atoms with Crippen molar-refractivity contribution in [1.29, 1.82) is 0 Å². The zero-order chi connectivity index (χ0) is 19.0. The molecule has 4 rings (SSSR count). The Morgan fingerprint density at radius 2 is 2.26 bits per heavy atom. The number of fused-ring (bicyclic) bond motifs is 1. The molecule has 0 unspecified atom stereocenters. The molecular weight excluding hydrogens is 344 g/mol. The van der Waals surface area contributed by atoms with Crippen molar-refractivity contribution in [1.82, 2.24) is 20.2 Å². The minimum atomic E-state index is -0.464. The third kappa shape index (κ3) is 3.98. The van der Waals surface area contributed by atoms with Gasteiger partial charge in [0.15, 0.2) is 0 Å². The summed E-state index contributed by atoms with van der Waals surface area (Å²) in [5.41, 5.74) is 1.61. The van der Waals surface area contributed by atoms with Crippen LogP contribution in [0.2, 0.25) is 0 Å². The molecule has 1 amide bonds. The van der Waals surface area contributed by atoms with Gasteiger partial charge < -0.3 is 15.0 Å². The van der Waals surface area contributed by atoms with Gasteiger partial charge in [-0.3, -0.25) is 9.59 Å². The number of hydrogen-bond donors (Lipinski definition) is 1. The third-order valence-corrected chi connectivity index (χ3v) is 5.80. The van der Waals surface area contributed by atoms with Gasteiger partial charge in [-0.1, -0.05) is 6.42 Å². The first-order valence-corrected chi connectivity index (χ1v) is 10.00. The predicted molar refractivity (Wildman–Crippen MR) is 98.6 cm³/mol. The van der Waals surface area contributed by atoms with Crippen molar-refractivity contribution in [2.75, 3.05) is 13.1 Å². The highest BCUT2D eigenvalue weighted by Crippen LogP contribution is 2.33. The Morgan fingerprint density at radius 1 is 1.41 bits per heavy atom. The highest BCUT2D eigenvalue weighted by atomic mass is 16.6. The first-order chi connectivity index (χ1) is 12.9. The van der Waals surface area contributed by atoms with Crippen LogP contribution in [0.5, 0.6) is 0 Å². The number of cyclic esters (lactones) is 1. The van der Waals surface area contributed by atoms with Gasteiger partial charge in [0, 0.05) is 44.1 Å². The molecule has 2 fully saturated rings. The van der Waals surface area contributed by atoms with Crippen LogP contribution in [0.15, 0.2) is 6.20 Å². The molecule has 0 saturated carbocycles. The summed E-state index contributed by atoms with van der Waals surface area (Å²) in [6.45, 7) is 5.97. The normalized spacial score (nSPS) is 27.2. The number of amides is 1. The van der Waals surface area contributed by atoms with Gasteiger partial charge in [0.1, 0.15) is 11.4 Å². The number of carbonyl (C=O) groups excluding carboxylic acids is 2. The highest BCUT2D eigenvalue weighted by Gasteiger charge is 2.41. The molecule has 0 bridgehead atoms. The van der Waals surface area contributed by atoms with Gasteiger partial charge in [-0.25, -0.2) is 9.97 Å². The van der Waals surface area contributed by atoms with Crippen molar-refractivity contribution in [3.8, 4) is 0 Å². The Hall–Kier alpha value is -2.02. The minimum Gasteiger partial charge on any atom is -0.459 e. The maximum atomic E-state index is 12.7. The van der Waals surface area contributed by atoms with Gasteiger partial charge in [-0.05, 0) is 33.2 Å². The molecule has 0 radical (unpaired) electrons. The van der Waals surface area contributed by atoms with Gasteiger partial charge in [-0.15, -0.1) is 0 Å². The molecule has 2 saturated heterocycles. The number of ether oxygens (including phenoxy) is 1. The van der Waals surface area contributed by atoms with Gasteiger partial charge in [0.25, 0.3) is 0 Å². The lowest BCUT2D eigenvalue weighted by Crippen LogP contribution is -2.38. The average Bonchev–Trinajstić information content (AvgIpc) is 2.92. The molecule has 7 nitrogen and oxygen atoms in total. The summed E-state index contributed by atoms with van der Waals surface area (Å²) in [7, 11) is 0. The number of rotatable bonds is 3. The largest absolute Gasteiger partial charge is 0.459 e. The van der Waals surface area contributed by atoms with E-state index in [-0.39, 0.29) is 30.3 Å². The Labute approximate surface area is 159 Å². The summed E-state index contributed by atoms with van der Waals surface area (Å²) in [4.78, 5) is 35.8. The van der Waals surface area contributed by atoms with Crippen LogP contribution < -0.4 is 5.32 Å².